The second kappa shape index (κ2) is 5.67. The van der Waals surface area contributed by atoms with Gasteiger partial charge in [0.25, 0.3) is 5.91 Å². The summed E-state index contributed by atoms with van der Waals surface area (Å²) in [6.07, 6.45) is 0.739. The quantitative estimate of drug-likeness (QED) is 0.867. The number of benzene rings is 2. The first-order valence-corrected chi connectivity index (χ1v) is 6.11. The van der Waals surface area contributed by atoms with E-state index in [9.17, 15) is 9.59 Å². The van der Waals surface area contributed by atoms with Crippen LogP contribution in [0.4, 0.5) is 5.69 Å². The molecule has 0 aliphatic heterocycles. The second-order valence-electron chi connectivity index (χ2n) is 4.11. The normalized spacial score (nSPS) is 10.0. The van der Waals surface area contributed by atoms with Crippen molar-refractivity contribution >= 4 is 29.5 Å². The third-order valence-corrected chi connectivity index (χ3v) is 3.23. The highest BCUT2D eigenvalue weighted by Gasteiger charge is 2.08. The first-order valence-electron chi connectivity index (χ1n) is 5.73. The fraction of sp³-hybridized carbons (Fsp3) is 0.0667. The lowest BCUT2D eigenvalue weighted by Crippen LogP contribution is -2.12. The molecule has 0 heterocycles. The van der Waals surface area contributed by atoms with Gasteiger partial charge in [0.2, 0.25) is 0 Å². The SMILES string of the molecule is Cc1c(Cl)cccc1NC(=O)c1ccc(C=O)cc1. The summed E-state index contributed by atoms with van der Waals surface area (Å²) in [6, 6.07) is 11.8. The van der Waals surface area contributed by atoms with Crippen LogP contribution in [0.15, 0.2) is 42.5 Å². The first kappa shape index (κ1) is 13.3. The van der Waals surface area contributed by atoms with Gasteiger partial charge in [0, 0.05) is 21.8 Å². The molecular weight excluding hydrogens is 262 g/mol. The predicted octanol–water partition coefficient (Wildman–Crippen LogP) is 3.71. The molecule has 0 bridgehead atoms. The molecule has 4 heteroatoms. The number of hydrogen-bond donors (Lipinski definition) is 1. The lowest BCUT2D eigenvalue weighted by Gasteiger charge is -2.09. The second-order valence-corrected chi connectivity index (χ2v) is 4.51. The van der Waals surface area contributed by atoms with E-state index < -0.39 is 0 Å². The van der Waals surface area contributed by atoms with E-state index in [1.54, 1.807) is 42.5 Å². The van der Waals surface area contributed by atoms with E-state index >= 15 is 0 Å². The fourth-order valence-corrected chi connectivity index (χ4v) is 1.82. The number of nitrogens with one attached hydrogen (secondary N) is 1. The number of amides is 1. The highest BCUT2D eigenvalue weighted by atomic mass is 35.5. The Hall–Kier alpha value is -2.13. The van der Waals surface area contributed by atoms with Crippen LogP contribution in [-0.2, 0) is 0 Å². The van der Waals surface area contributed by atoms with Crippen LogP contribution in [0.25, 0.3) is 0 Å². The molecule has 96 valence electrons. The molecule has 19 heavy (non-hydrogen) atoms. The zero-order valence-electron chi connectivity index (χ0n) is 10.3. The van der Waals surface area contributed by atoms with Gasteiger partial charge in [0.15, 0.2) is 0 Å². The Labute approximate surface area is 116 Å². The minimum absolute atomic E-state index is 0.234. The molecule has 1 N–H and O–H groups in total. The molecule has 0 saturated heterocycles. The van der Waals surface area contributed by atoms with E-state index in [4.69, 9.17) is 11.6 Å². The van der Waals surface area contributed by atoms with Crippen molar-refractivity contribution in [3.8, 4) is 0 Å². The third-order valence-electron chi connectivity index (χ3n) is 2.82. The molecule has 2 aromatic carbocycles. The fourth-order valence-electron chi connectivity index (χ4n) is 1.65. The molecule has 0 aromatic heterocycles. The summed E-state index contributed by atoms with van der Waals surface area (Å²) in [4.78, 5) is 22.6. The van der Waals surface area contributed by atoms with Crippen molar-refractivity contribution in [2.24, 2.45) is 0 Å². The maximum absolute atomic E-state index is 12.0. The Bertz CT molecular complexity index is 621. The van der Waals surface area contributed by atoms with Crippen LogP contribution in [-0.4, -0.2) is 12.2 Å². The minimum Gasteiger partial charge on any atom is -0.322 e. The molecule has 1 amide bonds. The lowest BCUT2D eigenvalue weighted by atomic mass is 10.1. The Balaban J connectivity index is 2.20. The molecule has 0 unspecified atom stereocenters. The highest BCUT2D eigenvalue weighted by Crippen LogP contribution is 2.23. The number of hydrogen-bond acceptors (Lipinski definition) is 2. The largest absolute Gasteiger partial charge is 0.322 e. The Kier molecular flexibility index (Phi) is 3.97. The summed E-state index contributed by atoms with van der Waals surface area (Å²) in [5.41, 5.74) is 2.53. The van der Waals surface area contributed by atoms with Crippen LogP contribution in [0.1, 0.15) is 26.3 Å². The number of rotatable bonds is 3. The van der Waals surface area contributed by atoms with Gasteiger partial charge in [-0.1, -0.05) is 29.8 Å². The third kappa shape index (κ3) is 3.01. The summed E-state index contributed by atoms with van der Waals surface area (Å²) in [5, 5.41) is 3.40. The van der Waals surface area contributed by atoms with Gasteiger partial charge in [-0.2, -0.15) is 0 Å². The Morgan fingerprint density at radius 2 is 1.84 bits per heavy atom. The smallest absolute Gasteiger partial charge is 0.255 e. The van der Waals surface area contributed by atoms with Crippen molar-refractivity contribution in [3.05, 3.63) is 64.2 Å². The van der Waals surface area contributed by atoms with Gasteiger partial charge in [-0.05, 0) is 36.8 Å². The molecule has 0 atom stereocenters. The topological polar surface area (TPSA) is 46.2 Å². The average molecular weight is 274 g/mol. The molecule has 3 nitrogen and oxygen atoms in total. The zero-order chi connectivity index (χ0) is 13.8. The first-order chi connectivity index (χ1) is 9.11. The maximum Gasteiger partial charge on any atom is 0.255 e. The Morgan fingerprint density at radius 1 is 1.16 bits per heavy atom. The predicted molar refractivity (Wildman–Crippen MR) is 76.0 cm³/mol. The summed E-state index contributed by atoms with van der Waals surface area (Å²) < 4.78 is 0. The van der Waals surface area contributed by atoms with E-state index in [1.807, 2.05) is 6.92 Å². The van der Waals surface area contributed by atoms with E-state index in [0.717, 1.165) is 11.8 Å². The minimum atomic E-state index is -0.234. The standard InChI is InChI=1S/C15H12ClNO2/c1-10-13(16)3-2-4-14(10)17-15(19)12-7-5-11(9-18)6-8-12/h2-9H,1H3,(H,17,19). The van der Waals surface area contributed by atoms with E-state index in [2.05, 4.69) is 5.32 Å². The van der Waals surface area contributed by atoms with Crippen molar-refractivity contribution in [1.29, 1.82) is 0 Å². The van der Waals surface area contributed by atoms with Crippen molar-refractivity contribution in [1.82, 2.24) is 0 Å². The molecule has 0 fully saturated rings. The van der Waals surface area contributed by atoms with Crippen LogP contribution < -0.4 is 5.32 Å². The number of aldehydes is 1. The summed E-state index contributed by atoms with van der Waals surface area (Å²) in [7, 11) is 0. The number of halogens is 1. The van der Waals surface area contributed by atoms with E-state index in [-0.39, 0.29) is 5.91 Å². The van der Waals surface area contributed by atoms with Crippen molar-refractivity contribution in [2.45, 2.75) is 6.92 Å². The van der Waals surface area contributed by atoms with Gasteiger partial charge in [0.05, 0.1) is 0 Å². The molecule has 2 aromatic rings. The molecule has 0 spiro atoms. The Morgan fingerprint density at radius 3 is 2.47 bits per heavy atom. The molecule has 0 aliphatic rings. The van der Waals surface area contributed by atoms with Gasteiger partial charge >= 0.3 is 0 Å². The molecule has 2 rings (SSSR count). The van der Waals surface area contributed by atoms with Crippen LogP contribution in [0.2, 0.25) is 5.02 Å². The molecule has 0 radical (unpaired) electrons. The maximum atomic E-state index is 12.0. The van der Waals surface area contributed by atoms with Crippen molar-refractivity contribution < 1.29 is 9.59 Å². The molecule has 0 saturated carbocycles. The monoisotopic (exact) mass is 273 g/mol. The van der Waals surface area contributed by atoms with Crippen molar-refractivity contribution in [3.63, 3.8) is 0 Å². The van der Waals surface area contributed by atoms with Crippen LogP contribution >= 0.6 is 11.6 Å². The van der Waals surface area contributed by atoms with E-state index in [0.29, 0.717) is 21.8 Å². The summed E-state index contributed by atoms with van der Waals surface area (Å²) in [5.74, 6) is -0.234. The van der Waals surface area contributed by atoms with Gasteiger partial charge in [-0.25, -0.2) is 0 Å². The van der Waals surface area contributed by atoms with Crippen LogP contribution in [0.3, 0.4) is 0 Å². The van der Waals surface area contributed by atoms with Gasteiger partial charge in [-0.3, -0.25) is 9.59 Å². The zero-order valence-corrected chi connectivity index (χ0v) is 11.1. The van der Waals surface area contributed by atoms with Gasteiger partial charge in [0.1, 0.15) is 6.29 Å². The molecule has 0 aliphatic carbocycles. The van der Waals surface area contributed by atoms with Gasteiger partial charge in [-0.15, -0.1) is 0 Å². The lowest BCUT2D eigenvalue weighted by molar-refractivity contribution is 0.102. The number of carbonyl (C=O) groups excluding carboxylic acids is 2. The number of carbonyl (C=O) groups is 2. The van der Waals surface area contributed by atoms with Crippen molar-refractivity contribution in [2.75, 3.05) is 5.32 Å². The average Bonchev–Trinajstić information content (AvgIpc) is 2.44. The summed E-state index contributed by atoms with van der Waals surface area (Å²) >= 11 is 5.99. The summed E-state index contributed by atoms with van der Waals surface area (Å²) in [6.45, 7) is 1.84. The van der Waals surface area contributed by atoms with Gasteiger partial charge < -0.3 is 5.32 Å². The highest BCUT2D eigenvalue weighted by molar-refractivity contribution is 6.31. The van der Waals surface area contributed by atoms with E-state index in [1.165, 1.54) is 0 Å². The van der Waals surface area contributed by atoms with Crippen LogP contribution in [0, 0.1) is 6.92 Å². The molecular formula is C15H12ClNO2. The van der Waals surface area contributed by atoms with Crippen LogP contribution in [0.5, 0.6) is 0 Å². The number of anilines is 1.